The number of likely N-dealkylation sites (tertiary alicyclic amines) is 1. The number of hydrogen-bond acceptors (Lipinski definition) is 3. The molecule has 0 aromatic carbocycles. The maximum Gasteiger partial charge on any atom is 0.393 e. The average molecular weight is 267 g/mol. The predicted molar refractivity (Wildman–Crippen MR) is 61.1 cm³/mol. The van der Waals surface area contributed by atoms with Gasteiger partial charge < -0.3 is 4.74 Å². The van der Waals surface area contributed by atoms with Crippen molar-refractivity contribution < 1.29 is 22.7 Å². The molecule has 0 spiro atoms. The van der Waals surface area contributed by atoms with Gasteiger partial charge in [0.25, 0.3) is 0 Å². The molecule has 1 fully saturated rings. The third-order valence-corrected chi connectivity index (χ3v) is 3.79. The molecule has 0 aromatic rings. The zero-order chi connectivity index (χ0) is 14.0. The summed E-state index contributed by atoms with van der Waals surface area (Å²) in [5.74, 6) is -1.61. The Balaban J connectivity index is 2.52. The lowest BCUT2D eigenvalue weighted by molar-refractivity contribution is -0.191. The summed E-state index contributed by atoms with van der Waals surface area (Å²) in [6.07, 6.45) is -3.24. The van der Waals surface area contributed by atoms with Gasteiger partial charge >= 0.3 is 12.1 Å². The van der Waals surface area contributed by atoms with Gasteiger partial charge in [0, 0.05) is 12.0 Å². The zero-order valence-electron chi connectivity index (χ0n) is 11.0. The van der Waals surface area contributed by atoms with Crippen LogP contribution in [0.5, 0.6) is 0 Å². The molecular weight excluding hydrogens is 247 g/mol. The van der Waals surface area contributed by atoms with Gasteiger partial charge in [0.2, 0.25) is 0 Å². The third kappa shape index (κ3) is 3.37. The molecule has 1 rings (SSSR count). The monoisotopic (exact) mass is 267 g/mol. The van der Waals surface area contributed by atoms with Crippen LogP contribution < -0.4 is 0 Å². The van der Waals surface area contributed by atoms with Crippen molar-refractivity contribution in [1.29, 1.82) is 0 Å². The Labute approximate surface area is 105 Å². The SMILES string of the molecule is COC(=O)CCCN1CCC(C(F)(F)F)C1(C)C. The molecule has 0 bridgehead atoms. The van der Waals surface area contributed by atoms with E-state index in [1.165, 1.54) is 7.11 Å². The highest BCUT2D eigenvalue weighted by Gasteiger charge is 2.54. The van der Waals surface area contributed by atoms with E-state index in [-0.39, 0.29) is 18.8 Å². The van der Waals surface area contributed by atoms with Crippen LogP contribution in [0.15, 0.2) is 0 Å². The van der Waals surface area contributed by atoms with Crippen LogP contribution in [0.4, 0.5) is 13.2 Å². The van der Waals surface area contributed by atoms with E-state index in [0.717, 1.165) is 0 Å². The molecule has 1 aliphatic heterocycles. The van der Waals surface area contributed by atoms with E-state index in [1.54, 1.807) is 13.8 Å². The summed E-state index contributed by atoms with van der Waals surface area (Å²) in [6.45, 7) is 4.17. The van der Waals surface area contributed by atoms with Gasteiger partial charge in [0.1, 0.15) is 0 Å². The molecule has 0 aromatic heterocycles. The summed E-state index contributed by atoms with van der Waals surface area (Å²) >= 11 is 0. The lowest BCUT2D eigenvalue weighted by Gasteiger charge is -2.36. The number of methoxy groups -OCH3 is 1. The van der Waals surface area contributed by atoms with Crippen molar-refractivity contribution in [2.24, 2.45) is 5.92 Å². The molecular formula is C12H20F3NO2. The number of ether oxygens (including phenoxy) is 1. The van der Waals surface area contributed by atoms with Crippen molar-refractivity contribution >= 4 is 5.97 Å². The first kappa shape index (κ1) is 15.3. The normalized spacial score (nSPS) is 24.2. The van der Waals surface area contributed by atoms with E-state index in [0.29, 0.717) is 19.5 Å². The predicted octanol–water partition coefficient (Wildman–Crippen LogP) is 2.60. The Hall–Kier alpha value is -0.780. The second-order valence-corrected chi connectivity index (χ2v) is 5.20. The maximum absolute atomic E-state index is 12.8. The molecule has 0 radical (unpaired) electrons. The molecule has 6 heteroatoms. The highest BCUT2D eigenvalue weighted by atomic mass is 19.4. The van der Waals surface area contributed by atoms with Crippen molar-refractivity contribution in [3.63, 3.8) is 0 Å². The summed E-state index contributed by atoms with van der Waals surface area (Å²) in [5.41, 5.74) is -0.894. The summed E-state index contributed by atoms with van der Waals surface area (Å²) < 4.78 is 43.0. The minimum atomic E-state index is -4.15. The van der Waals surface area contributed by atoms with Crippen LogP contribution in [-0.4, -0.2) is 42.8 Å². The molecule has 1 unspecified atom stereocenters. The van der Waals surface area contributed by atoms with E-state index >= 15 is 0 Å². The van der Waals surface area contributed by atoms with E-state index in [9.17, 15) is 18.0 Å². The fourth-order valence-electron chi connectivity index (χ4n) is 2.63. The molecule has 1 saturated heterocycles. The number of carbonyl (C=O) groups excluding carboxylic acids is 1. The second-order valence-electron chi connectivity index (χ2n) is 5.20. The van der Waals surface area contributed by atoms with Crippen molar-refractivity contribution in [1.82, 2.24) is 4.90 Å². The zero-order valence-corrected chi connectivity index (χ0v) is 11.0. The quantitative estimate of drug-likeness (QED) is 0.733. The van der Waals surface area contributed by atoms with Gasteiger partial charge in [-0.2, -0.15) is 13.2 Å². The van der Waals surface area contributed by atoms with Gasteiger partial charge in [0.15, 0.2) is 0 Å². The van der Waals surface area contributed by atoms with Crippen LogP contribution in [-0.2, 0) is 9.53 Å². The Morgan fingerprint density at radius 1 is 1.44 bits per heavy atom. The summed E-state index contributed by atoms with van der Waals surface area (Å²) in [6, 6.07) is 0. The number of halogens is 3. The smallest absolute Gasteiger partial charge is 0.393 e. The van der Waals surface area contributed by atoms with Crippen molar-refractivity contribution in [3.8, 4) is 0 Å². The van der Waals surface area contributed by atoms with Gasteiger partial charge in [-0.05, 0) is 39.8 Å². The third-order valence-electron chi connectivity index (χ3n) is 3.79. The average Bonchev–Trinajstić information content (AvgIpc) is 2.53. The largest absolute Gasteiger partial charge is 0.469 e. The van der Waals surface area contributed by atoms with E-state index in [2.05, 4.69) is 4.74 Å². The fraction of sp³-hybridized carbons (Fsp3) is 0.917. The van der Waals surface area contributed by atoms with Crippen LogP contribution in [0.1, 0.15) is 33.1 Å². The van der Waals surface area contributed by atoms with Crippen molar-refractivity contribution in [2.45, 2.75) is 44.8 Å². The van der Waals surface area contributed by atoms with Gasteiger partial charge in [-0.25, -0.2) is 0 Å². The topological polar surface area (TPSA) is 29.5 Å². The number of carbonyl (C=O) groups is 1. The van der Waals surface area contributed by atoms with Gasteiger partial charge in [-0.1, -0.05) is 0 Å². The van der Waals surface area contributed by atoms with Gasteiger partial charge in [-0.3, -0.25) is 9.69 Å². The van der Waals surface area contributed by atoms with Crippen LogP contribution in [0, 0.1) is 5.92 Å². The number of alkyl halides is 3. The molecule has 0 amide bonds. The minimum Gasteiger partial charge on any atom is -0.469 e. The Morgan fingerprint density at radius 2 is 2.06 bits per heavy atom. The molecule has 0 N–H and O–H groups in total. The molecule has 0 saturated carbocycles. The Bertz CT molecular complexity index is 302. The lowest BCUT2D eigenvalue weighted by Crippen LogP contribution is -2.47. The minimum absolute atomic E-state index is 0.134. The molecule has 1 heterocycles. The first-order valence-electron chi connectivity index (χ1n) is 6.08. The Kier molecular flexibility index (Phi) is 4.64. The number of esters is 1. The molecule has 106 valence electrons. The van der Waals surface area contributed by atoms with Gasteiger partial charge in [-0.15, -0.1) is 0 Å². The summed E-state index contributed by atoms with van der Waals surface area (Å²) in [7, 11) is 1.31. The number of hydrogen-bond donors (Lipinski definition) is 0. The molecule has 0 aliphatic carbocycles. The Morgan fingerprint density at radius 3 is 2.50 bits per heavy atom. The van der Waals surface area contributed by atoms with Crippen molar-refractivity contribution in [3.05, 3.63) is 0 Å². The summed E-state index contributed by atoms with van der Waals surface area (Å²) in [4.78, 5) is 12.8. The summed E-state index contributed by atoms with van der Waals surface area (Å²) in [5, 5.41) is 0. The van der Waals surface area contributed by atoms with Gasteiger partial charge in [0.05, 0.1) is 13.0 Å². The first-order valence-corrected chi connectivity index (χ1v) is 6.08. The van der Waals surface area contributed by atoms with Crippen LogP contribution in [0.3, 0.4) is 0 Å². The first-order chi connectivity index (χ1) is 8.19. The number of rotatable bonds is 4. The van der Waals surface area contributed by atoms with Crippen LogP contribution in [0.2, 0.25) is 0 Å². The lowest BCUT2D eigenvalue weighted by atomic mass is 9.88. The fourth-order valence-corrected chi connectivity index (χ4v) is 2.63. The highest BCUT2D eigenvalue weighted by Crippen LogP contribution is 2.44. The standard InChI is InChI=1S/C12H20F3NO2/c1-11(2)9(12(13,14)15)6-8-16(11)7-4-5-10(17)18-3/h9H,4-8H2,1-3H3. The number of nitrogens with zero attached hydrogens (tertiary/aromatic N) is 1. The van der Waals surface area contributed by atoms with Crippen LogP contribution in [0.25, 0.3) is 0 Å². The highest BCUT2D eigenvalue weighted by molar-refractivity contribution is 5.69. The second kappa shape index (κ2) is 5.47. The van der Waals surface area contributed by atoms with Crippen molar-refractivity contribution in [2.75, 3.05) is 20.2 Å². The molecule has 3 nitrogen and oxygen atoms in total. The van der Waals surface area contributed by atoms with E-state index in [4.69, 9.17) is 0 Å². The molecule has 1 aliphatic rings. The van der Waals surface area contributed by atoms with Crippen LogP contribution >= 0.6 is 0 Å². The van der Waals surface area contributed by atoms with E-state index < -0.39 is 17.6 Å². The molecule has 18 heavy (non-hydrogen) atoms. The van der Waals surface area contributed by atoms with E-state index in [1.807, 2.05) is 4.90 Å². The molecule has 1 atom stereocenters. The maximum atomic E-state index is 12.8.